The Kier molecular flexibility index (Phi) is 3.70. The van der Waals surface area contributed by atoms with E-state index in [2.05, 4.69) is 85.4 Å². The summed E-state index contributed by atoms with van der Waals surface area (Å²) in [5.74, 6) is 0. The van der Waals surface area contributed by atoms with Gasteiger partial charge in [0.2, 0.25) is 0 Å². The van der Waals surface area contributed by atoms with Crippen molar-refractivity contribution in [2.24, 2.45) is 0 Å². The van der Waals surface area contributed by atoms with Gasteiger partial charge in [-0.15, -0.1) is 0 Å². The maximum atomic E-state index is 2.49. The Morgan fingerprint density at radius 1 is 0.800 bits per heavy atom. The molecule has 0 bridgehead atoms. The second-order valence-corrected chi connectivity index (χ2v) is 9.56. The van der Waals surface area contributed by atoms with Gasteiger partial charge in [-0.05, 0) is 23.2 Å². The van der Waals surface area contributed by atoms with Crippen LogP contribution in [-0.4, -0.2) is 8.07 Å². The third-order valence-electron chi connectivity index (χ3n) is 4.36. The zero-order chi connectivity index (χ0) is 13.8. The average molecular weight is 276 g/mol. The highest BCUT2D eigenvalue weighted by atomic mass is 28.3. The molecule has 0 aromatic heterocycles. The largest absolute Gasteiger partial charge is 0.141 e. The predicted molar refractivity (Wildman–Crippen MR) is 90.2 cm³/mol. The van der Waals surface area contributed by atoms with E-state index in [0.717, 1.165) is 0 Å². The van der Waals surface area contributed by atoms with E-state index >= 15 is 0 Å². The molecule has 0 saturated carbocycles. The van der Waals surface area contributed by atoms with E-state index in [1.54, 1.807) is 5.20 Å². The molecule has 0 atom stereocenters. The van der Waals surface area contributed by atoms with Gasteiger partial charge in [0.05, 0.1) is 0 Å². The van der Waals surface area contributed by atoms with Crippen LogP contribution < -0.4 is 10.4 Å². The van der Waals surface area contributed by atoms with E-state index < -0.39 is 8.07 Å². The topological polar surface area (TPSA) is 0 Å². The zero-order valence-corrected chi connectivity index (χ0v) is 12.9. The molecule has 1 heteroatoms. The molecule has 0 aliphatic heterocycles. The zero-order valence-electron chi connectivity index (χ0n) is 11.9. The van der Waals surface area contributed by atoms with Crippen molar-refractivity contribution in [2.75, 3.05) is 0 Å². The van der Waals surface area contributed by atoms with E-state index in [4.69, 9.17) is 0 Å². The molecule has 0 N–H and O–H groups in total. The van der Waals surface area contributed by atoms with Crippen molar-refractivity contribution in [3.8, 4) is 0 Å². The van der Waals surface area contributed by atoms with Crippen molar-refractivity contribution in [1.29, 1.82) is 0 Å². The van der Waals surface area contributed by atoms with Gasteiger partial charge in [0.1, 0.15) is 8.07 Å². The van der Waals surface area contributed by atoms with Crippen LogP contribution in [0.1, 0.15) is 12.8 Å². The molecule has 0 radical (unpaired) electrons. The number of hydrogen-bond acceptors (Lipinski definition) is 0. The van der Waals surface area contributed by atoms with Crippen LogP contribution in [0.25, 0.3) is 0 Å². The highest BCUT2D eigenvalue weighted by Crippen LogP contribution is 2.23. The Labute approximate surface area is 122 Å². The van der Waals surface area contributed by atoms with Crippen LogP contribution in [0.5, 0.6) is 0 Å². The minimum absolute atomic E-state index is 1.17. The number of benzene rings is 2. The normalized spacial score (nSPS) is 14.9. The second kappa shape index (κ2) is 5.64. The summed E-state index contributed by atoms with van der Waals surface area (Å²) in [7, 11) is -1.79. The van der Waals surface area contributed by atoms with Crippen LogP contribution >= 0.6 is 0 Å². The molecular formula is C19H20Si. The molecule has 20 heavy (non-hydrogen) atoms. The predicted octanol–water partition coefficient (Wildman–Crippen LogP) is 3.70. The molecule has 0 heterocycles. The molecule has 100 valence electrons. The van der Waals surface area contributed by atoms with E-state index in [9.17, 15) is 0 Å². The van der Waals surface area contributed by atoms with Crippen LogP contribution in [0.2, 0.25) is 6.55 Å². The summed E-state index contributed by atoms with van der Waals surface area (Å²) in [6, 6.07) is 22.1. The fraction of sp³-hybridized carbons (Fsp3) is 0.158. The van der Waals surface area contributed by atoms with Crippen molar-refractivity contribution in [3.05, 3.63) is 84.1 Å². The third kappa shape index (κ3) is 2.30. The molecular weight excluding hydrogens is 256 g/mol. The van der Waals surface area contributed by atoms with E-state index in [1.807, 2.05) is 0 Å². The fourth-order valence-corrected chi connectivity index (χ4v) is 6.97. The number of hydrogen-bond donors (Lipinski definition) is 0. The fourth-order valence-electron chi connectivity index (χ4n) is 3.10. The number of allylic oxidation sites excluding steroid dienone is 4. The van der Waals surface area contributed by atoms with Gasteiger partial charge in [-0.1, -0.05) is 90.6 Å². The van der Waals surface area contributed by atoms with Gasteiger partial charge < -0.3 is 0 Å². The van der Waals surface area contributed by atoms with Crippen LogP contribution in [0.15, 0.2) is 84.1 Å². The second-order valence-electron chi connectivity index (χ2n) is 5.52. The number of rotatable bonds is 3. The monoisotopic (exact) mass is 276 g/mol. The highest BCUT2D eigenvalue weighted by molar-refractivity contribution is 7.06. The van der Waals surface area contributed by atoms with Crippen LogP contribution in [0, 0.1) is 0 Å². The summed E-state index contributed by atoms with van der Waals surface area (Å²) in [5, 5.41) is 4.65. The molecule has 0 spiro atoms. The molecule has 0 nitrogen and oxygen atoms in total. The lowest BCUT2D eigenvalue weighted by molar-refractivity contribution is 1.01. The summed E-state index contributed by atoms with van der Waals surface area (Å²) in [6.45, 7) is 2.49. The lowest BCUT2D eigenvalue weighted by atomic mass is 10.2. The molecule has 1 aliphatic rings. The van der Waals surface area contributed by atoms with Gasteiger partial charge >= 0.3 is 0 Å². The van der Waals surface area contributed by atoms with Crippen molar-refractivity contribution < 1.29 is 0 Å². The van der Waals surface area contributed by atoms with Gasteiger partial charge in [0.15, 0.2) is 0 Å². The van der Waals surface area contributed by atoms with E-state index in [0.29, 0.717) is 0 Å². The van der Waals surface area contributed by atoms with E-state index in [-0.39, 0.29) is 0 Å². The van der Waals surface area contributed by atoms with Crippen LogP contribution in [-0.2, 0) is 0 Å². The van der Waals surface area contributed by atoms with Crippen molar-refractivity contribution in [1.82, 2.24) is 0 Å². The Balaban J connectivity index is 2.18. The Morgan fingerprint density at radius 3 is 1.80 bits per heavy atom. The SMILES string of the molecule is C[Si](C1=CC=CCC1)(c1ccccc1)c1ccccc1. The van der Waals surface area contributed by atoms with Gasteiger partial charge in [0.25, 0.3) is 0 Å². The molecule has 2 aromatic carbocycles. The first-order chi connectivity index (χ1) is 9.82. The first-order valence-electron chi connectivity index (χ1n) is 7.29. The summed E-state index contributed by atoms with van der Waals surface area (Å²) in [6.07, 6.45) is 9.23. The highest BCUT2D eigenvalue weighted by Gasteiger charge is 2.35. The van der Waals surface area contributed by atoms with Gasteiger partial charge in [-0.2, -0.15) is 0 Å². The maximum Gasteiger partial charge on any atom is 0.141 e. The van der Waals surface area contributed by atoms with Gasteiger partial charge in [-0.25, -0.2) is 0 Å². The van der Waals surface area contributed by atoms with Crippen molar-refractivity contribution in [2.45, 2.75) is 19.4 Å². The Hall–Kier alpha value is -1.86. The molecule has 3 rings (SSSR count). The Morgan fingerprint density at radius 2 is 1.35 bits per heavy atom. The first kappa shape index (κ1) is 13.1. The quantitative estimate of drug-likeness (QED) is 0.750. The molecule has 2 aromatic rings. The minimum Gasteiger partial charge on any atom is -0.0842 e. The first-order valence-corrected chi connectivity index (χ1v) is 9.79. The minimum atomic E-state index is -1.79. The smallest absolute Gasteiger partial charge is 0.0842 e. The summed E-state index contributed by atoms with van der Waals surface area (Å²) < 4.78 is 0. The Bertz CT molecular complexity index is 584. The molecule has 0 unspecified atom stereocenters. The van der Waals surface area contributed by atoms with Crippen molar-refractivity contribution in [3.63, 3.8) is 0 Å². The molecule has 1 aliphatic carbocycles. The average Bonchev–Trinajstić information content (AvgIpc) is 2.56. The summed E-state index contributed by atoms with van der Waals surface area (Å²) in [4.78, 5) is 0. The lowest BCUT2D eigenvalue weighted by Crippen LogP contribution is -2.57. The maximum absolute atomic E-state index is 2.49. The van der Waals surface area contributed by atoms with Crippen molar-refractivity contribution >= 4 is 18.4 Å². The molecule has 0 saturated heterocycles. The summed E-state index contributed by atoms with van der Waals surface area (Å²) in [5.41, 5.74) is 0. The van der Waals surface area contributed by atoms with Crippen LogP contribution in [0.3, 0.4) is 0 Å². The lowest BCUT2D eigenvalue weighted by Gasteiger charge is -2.32. The van der Waals surface area contributed by atoms with E-state index in [1.165, 1.54) is 23.2 Å². The standard InChI is InChI=1S/C19H20Si/c1-20(17-11-5-2-6-12-17,18-13-7-3-8-14-18)19-15-9-4-10-16-19/h2-9,11-15H,10,16H2,1H3. The summed E-state index contributed by atoms with van der Waals surface area (Å²) >= 11 is 0. The van der Waals surface area contributed by atoms with Gasteiger partial charge in [-0.3, -0.25) is 0 Å². The molecule has 0 amide bonds. The third-order valence-corrected chi connectivity index (χ3v) is 9.04. The van der Waals surface area contributed by atoms with Gasteiger partial charge in [0, 0.05) is 0 Å². The van der Waals surface area contributed by atoms with Crippen LogP contribution in [0.4, 0.5) is 0 Å². The molecule has 0 fully saturated rings.